The number of hydroxylamine groups is 1. The number of amides is 1. The van der Waals surface area contributed by atoms with Crippen molar-refractivity contribution in [3.8, 4) is 0 Å². The van der Waals surface area contributed by atoms with E-state index in [9.17, 15) is 9.18 Å². The summed E-state index contributed by atoms with van der Waals surface area (Å²) in [6, 6.07) is 6.78. The summed E-state index contributed by atoms with van der Waals surface area (Å²) in [5.41, 5.74) is 4.87. The molecule has 8 heteroatoms. The van der Waals surface area contributed by atoms with Crippen molar-refractivity contribution in [3.63, 3.8) is 0 Å². The van der Waals surface area contributed by atoms with Crippen LogP contribution in [0, 0.1) is 5.82 Å². The number of nitrogens with zero attached hydrogens (tertiary/aromatic N) is 2. The van der Waals surface area contributed by atoms with Gasteiger partial charge in [-0.3, -0.25) is 9.63 Å². The lowest BCUT2D eigenvalue weighted by atomic mass is 9.80. The third-order valence-corrected chi connectivity index (χ3v) is 5.03. The SMILES string of the molecule is O=C(NOCCO)c1ccn2cncc2c1Nc1ccc(C2CCC2)cc1F. The fourth-order valence-electron chi connectivity index (χ4n) is 3.29. The summed E-state index contributed by atoms with van der Waals surface area (Å²) < 4.78 is 16.5. The molecule has 0 radical (unpaired) electrons. The number of hydrogen-bond acceptors (Lipinski definition) is 5. The standard InChI is InChI=1S/C20H21FN4O3/c21-16-10-14(13-2-1-3-13)4-5-17(16)23-19-15(20(27)24-28-9-8-26)6-7-25-12-22-11-18(19)25/h4-7,10-13,23,26H,1-3,8-9H2,(H,24,27). The number of anilines is 2. The minimum absolute atomic E-state index is 0.0271. The van der Waals surface area contributed by atoms with Gasteiger partial charge in [0.2, 0.25) is 0 Å². The molecule has 4 rings (SSSR count). The van der Waals surface area contributed by atoms with Gasteiger partial charge in [0, 0.05) is 6.20 Å². The lowest BCUT2D eigenvalue weighted by Gasteiger charge is -2.26. The summed E-state index contributed by atoms with van der Waals surface area (Å²) in [6.45, 7) is -0.244. The highest BCUT2D eigenvalue weighted by molar-refractivity contribution is 6.03. The highest BCUT2D eigenvalue weighted by atomic mass is 19.1. The molecule has 28 heavy (non-hydrogen) atoms. The van der Waals surface area contributed by atoms with E-state index in [0.717, 1.165) is 18.4 Å². The van der Waals surface area contributed by atoms with Gasteiger partial charge in [-0.1, -0.05) is 12.5 Å². The van der Waals surface area contributed by atoms with Crippen LogP contribution >= 0.6 is 0 Å². The van der Waals surface area contributed by atoms with E-state index in [1.807, 2.05) is 6.07 Å². The number of nitrogens with one attached hydrogen (secondary N) is 2. The monoisotopic (exact) mass is 384 g/mol. The van der Waals surface area contributed by atoms with Crippen LogP contribution in [0.3, 0.4) is 0 Å². The molecule has 0 spiro atoms. The fraction of sp³-hybridized carbons (Fsp3) is 0.300. The molecule has 146 valence electrons. The summed E-state index contributed by atoms with van der Waals surface area (Å²) in [7, 11) is 0. The van der Waals surface area contributed by atoms with Gasteiger partial charge in [-0.25, -0.2) is 14.9 Å². The second-order valence-corrected chi connectivity index (χ2v) is 6.79. The molecule has 2 aromatic heterocycles. The van der Waals surface area contributed by atoms with Gasteiger partial charge in [-0.15, -0.1) is 0 Å². The second kappa shape index (κ2) is 7.95. The number of aromatic nitrogens is 2. The molecule has 0 aliphatic heterocycles. The lowest BCUT2D eigenvalue weighted by molar-refractivity contribution is 0.0169. The lowest BCUT2D eigenvalue weighted by Crippen LogP contribution is -2.26. The molecule has 0 bridgehead atoms. The van der Waals surface area contributed by atoms with Crippen molar-refractivity contribution in [1.82, 2.24) is 14.9 Å². The van der Waals surface area contributed by atoms with E-state index in [4.69, 9.17) is 9.94 Å². The predicted molar refractivity (Wildman–Crippen MR) is 102 cm³/mol. The van der Waals surface area contributed by atoms with E-state index in [1.165, 1.54) is 6.42 Å². The van der Waals surface area contributed by atoms with Gasteiger partial charge in [0.25, 0.3) is 5.91 Å². The Morgan fingerprint density at radius 3 is 2.93 bits per heavy atom. The van der Waals surface area contributed by atoms with Crippen molar-refractivity contribution < 1.29 is 19.1 Å². The van der Waals surface area contributed by atoms with E-state index in [0.29, 0.717) is 17.1 Å². The molecule has 1 aromatic carbocycles. The Hall–Kier alpha value is -2.97. The molecule has 0 atom stereocenters. The molecule has 0 unspecified atom stereocenters. The molecular formula is C20H21FN4O3. The third kappa shape index (κ3) is 3.56. The third-order valence-electron chi connectivity index (χ3n) is 5.03. The maximum Gasteiger partial charge on any atom is 0.277 e. The zero-order valence-corrected chi connectivity index (χ0v) is 15.2. The van der Waals surface area contributed by atoms with E-state index >= 15 is 0 Å². The first-order valence-corrected chi connectivity index (χ1v) is 9.21. The van der Waals surface area contributed by atoms with Gasteiger partial charge in [0.15, 0.2) is 0 Å². The van der Waals surface area contributed by atoms with Gasteiger partial charge < -0.3 is 14.8 Å². The highest BCUT2D eigenvalue weighted by Crippen LogP contribution is 2.38. The zero-order chi connectivity index (χ0) is 19.5. The molecule has 1 saturated carbocycles. The maximum absolute atomic E-state index is 14.7. The Morgan fingerprint density at radius 1 is 1.36 bits per heavy atom. The van der Waals surface area contributed by atoms with Crippen molar-refractivity contribution >= 4 is 22.8 Å². The average molecular weight is 384 g/mol. The van der Waals surface area contributed by atoms with Crippen LogP contribution in [0.25, 0.3) is 5.52 Å². The van der Waals surface area contributed by atoms with Crippen molar-refractivity contribution in [2.45, 2.75) is 25.2 Å². The number of aliphatic hydroxyl groups is 1. The summed E-state index contributed by atoms with van der Waals surface area (Å²) >= 11 is 0. The number of pyridine rings is 1. The van der Waals surface area contributed by atoms with Crippen LogP contribution in [0.5, 0.6) is 0 Å². The first-order chi connectivity index (χ1) is 13.7. The van der Waals surface area contributed by atoms with Crippen LogP contribution in [0.2, 0.25) is 0 Å². The number of rotatable bonds is 7. The Bertz CT molecular complexity index is 1000. The Balaban J connectivity index is 1.66. The van der Waals surface area contributed by atoms with Crippen LogP contribution in [-0.4, -0.2) is 33.6 Å². The Labute approximate surface area is 161 Å². The number of fused-ring (bicyclic) bond motifs is 1. The summed E-state index contributed by atoms with van der Waals surface area (Å²) in [4.78, 5) is 21.5. The number of imidazole rings is 1. The van der Waals surface area contributed by atoms with E-state index in [-0.39, 0.29) is 30.3 Å². The minimum atomic E-state index is -0.508. The van der Waals surface area contributed by atoms with E-state index in [2.05, 4.69) is 15.8 Å². The van der Waals surface area contributed by atoms with E-state index in [1.54, 1.807) is 41.3 Å². The number of carbonyl (C=O) groups is 1. The van der Waals surface area contributed by atoms with Gasteiger partial charge in [-0.2, -0.15) is 0 Å². The van der Waals surface area contributed by atoms with Crippen LogP contribution < -0.4 is 10.8 Å². The first-order valence-electron chi connectivity index (χ1n) is 9.21. The van der Waals surface area contributed by atoms with E-state index < -0.39 is 5.91 Å². The fourth-order valence-corrected chi connectivity index (χ4v) is 3.29. The number of aliphatic hydroxyl groups excluding tert-OH is 1. The molecule has 7 nitrogen and oxygen atoms in total. The van der Waals surface area contributed by atoms with Crippen LogP contribution in [0.4, 0.5) is 15.8 Å². The molecule has 1 aliphatic carbocycles. The predicted octanol–water partition coefficient (Wildman–Crippen LogP) is 3.14. The molecule has 1 fully saturated rings. The van der Waals surface area contributed by atoms with Crippen LogP contribution in [0.15, 0.2) is 43.0 Å². The van der Waals surface area contributed by atoms with Gasteiger partial charge in [-0.05, 0) is 42.5 Å². The quantitative estimate of drug-likeness (QED) is 0.430. The number of carbonyl (C=O) groups excluding carboxylic acids is 1. The van der Waals surface area contributed by atoms with Gasteiger partial charge in [0.05, 0.1) is 48.2 Å². The number of halogens is 1. The minimum Gasteiger partial charge on any atom is -0.394 e. The molecule has 3 aromatic rings. The Kier molecular flexibility index (Phi) is 5.23. The van der Waals surface area contributed by atoms with Crippen LogP contribution in [0.1, 0.15) is 41.1 Å². The van der Waals surface area contributed by atoms with Crippen LogP contribution in [-0.2, 0) is 4.84 Å². The van der Waals surface area contributed by atoms with Crippen molar-refractivity contribution in [2.24, 2.45) is 0 Å². The zero-order valence-electron chi connectivity index (χ0n) is 15.2. The average Bonchev–Trinajstić information content (AvgIpc) is 3.12. The first kappa shape index (κ1) is 18.4. The highest BCUT2D eigenvalue weighted by Gasteiger charge is 2.21. The van der Waals surface area contributed by atoms with Crippen molar-refractivity contribution in [3.05, 3.63) is 59.9 Å². The molecular weight excluding hydrogens is 363 g/mol. The number of hydrogen-bond donors (Lipinski definition) is 3. The Morgan fingerprint density at radius 2 is 2.21 bits per heavy atom. The topological polar surface area (TPSA) is 87.9 Å². The summed E-state index contributed by atoms with van der Waals surface area (Å²) in [5, 5.41) is 11.8. The van der Waals surface area contributed by atoms with Gasteiger partial charge >= 0.3 is 0 Å². The molecule has 2 heterocycles. The summed E-state index contributed by atoms with van der Waals surface area (Å²) in [5.74, 6) is -0.438. The summed E-state index contributed by atoms with van der Waals surface area (Å²) in [6.07, 6.45) is 8.25. The normalized spacial score (nSPS) is 14.1. The molecule has 0 saturated heterocycles. The molecule has 3 N–H and O–H groups in total. The number of benzene rings is 1. The van der Waals surface area contributed by atoms with Gasteiger partial charge in [0.1, 0.15) is 5.82 Å². The largest absolute Gasteiger partial charge is 0.394 e. The maximum atomic E-state index is 14.7. The molecule has 1 amide bonds. The van der Waals surface area contributed by atoms with Crippen molar-refractivity contribution in [2.75, 3.05) is 18.5 Å². The smallest absolute Gasteiger partial charge is 0.277 e. The second-order valence-electron chi connectivity index (χ2n) is 6.79. The van der Waals surface area contributed by atoms with Crippen molar-refractivity contribution in [1.29, 1.82) is 0 Å². The molecule has 1 aliphatic rings.